The fraction of sp³-hybridized carbons (Fsp3) is 0.308. The van der Waals surface area contributed by atoms with Gasteiger partial charge in [-0.3, -0.25) is 4.98 Å². The highest BCUT2D eigenvalue weighted by Crippen LogP contribution is 2.11. The summed E-state index contributed by atoms with van der Waals surface area (Å²) < 4.78 is 0. The number of nitrogens with one attached hydrogen (secondary N) is 1. The van der Waals surface area contributed by atoms with E-state index in [4.69, 9.17) is 5.73 Å². The van der Waals surface area contributed by atoms with Gasteiger partial charge < -0.3 is 11.1 Å². The molecule has 2 aromatic rings. The summed E-state index contributed by atoms with van der Waals surface area (Å²) in [6.45, 7) is 3.28. The van der Waals surface area contributed by atoms with Gasteiger partial charge in [0.1, 0.15) is 5.01 Å². The van der Waals surface area contributed by atoms with Crippen LogP contribution >= 0.6 is 11.3 Å². The van der Waals surface area contributed by atoms with Gasteiger partial charge in [-0.25, -0.2) is 9.98 Å². The van der Waals surface area contributed by atoms with Crippen molar-refractivity contribution < 1.29 is 0 Å². The quantitative estimate of drug-likeness (QED) is 0.640. The molecular formula is C13H17N5S. The van der Waals surface area contributed by atoms with Crippen molar-refractivity contribution in [3.63, 3.8) is 0 Å². The molecule has 0 aromatic carbocycles. The normalized spacial score (nSPS) is 11.5. The summed E-state index contributed by atoms with van der Waals surface area (Å²) in [5, 5.41) is 4.05. The van der Waals surface area contributed by atoms with Crippen LogP contribution in [0.25, 0.3) is 0 Å². The lowest BCUT2D eigenvalue weighted by Crippen LogP contribution is -2.33. The van der Waals surface area contributed by atoms with Crippen LogP contribution in [0.1, 0.15) is 15.6 Å². The van der Waals surface area contributed by atoms with E-state index in [9.17, 15) is 0 Å². The van der Waals surface area contributed by atoms with E-state index in [0.29, 0.717) is 12.5 Å². The zero-order chi connectivity index (χ0) is 13.5. The van der Waals surface area contributed by atoms with Crippen LogP contribution in [-0.2, 0) is 13.0 Å². The van der Waals surface area contributed by atoms with Gasteiger partial charge in [-0.2, -0.15) is 0 Å². The van der Waals surface area contributed by atoms with Crippen LogP contribution in [-0.4, -0.2) is 22.5 Å². The fourth-order valence-electron chi connectivity index (χ4n) is 1.55. The number of aliphatic imine (C=N–C) groups is 1. The number of nitrogens with zero attached hydrogens (tertiary/aromatic N) is 3. The van der Waals surface area contributed by atoms with Crippen LogP contribution in [0, 0.1) is 6.92 Å². The molecule has 0 amide bonds. The zero-order valence-electron chi connectivity index (χ0n) is 10.8. The maximum atomic E-state index is 5.79. The van der Waals surface area contributed by atoms with Gasteiger partial charge in [0.25, 0.3) is 0 Å². The molecule has 3 N–H and O–H groups in total. The van der Waals surface area contributed by atoms with E-state index in [-0.39, 0.29) is 0 Å². The largest absolute Gasteiger partial charge is 0.370 e. The van der Waals surface area contributed by atoms with Gasteiger partial charge in [0.05, 0.1) is 6.54 Å². The minimum atomic E-state index is 0.448. The van der Waals surface area contributed by atoms with Gasteiger partial charge in [-0.05, 0) is 19.1 Å². The molecule has 0 saturated heterocycles. The van der Waals surface area contributed by atoms with E-state index in [1.807, 2.05) is 31.3 Å². The Kier molecular flexibility index (Phi) is 4.85. The standard InChI is InChI=1S/C13H17N5S/c1-10-8-17-12(19-10)9-18-13(14)16-7-5-11-4-2-3-6-15-11/h2-4,6,8H,5,7,9H2,1H3,(H3,14,16,18). The van der Waals surface area contributed by atoms with Crippen molar-refractivity contribution in [2.75, 3.05) is 6.54 Å². The molecule has 0 atom stereocenters. The van der Waals surface area contributed by atoms with Crippen molar-refractivity contribution in [3.05, 3.63) is 46.2 Å². The minimum Gasteiger partial charge on any atom is -0.370 e. The average molecular weight is 275 g/mol. The van der Waals surface area contributed by atoms with Gasteiger partial charge >= 0.3 is 0 Å². The van der Waals surface area contributed by atoms with Crippen molar-refractivity contribution in [1.29, 1.82) is 0 Å². The molecule has 0 spiro atoms. The van der Waals surface area contributed by atoms with Crippen LogP contribution < -0.4 is 11.1 Å². The first-order valence-corrected chi connectivity index (χ1v) is 6.90. The zero-order valence-corrected chi connectivity index (χ0v) is 11.7. The van der Waals surface area contributed by atoms with E-state index in [1.165, 1.54) is 4.88 Å². The molecule has 0 aliphatic rings. The third-order valence-corrected chi connectivity index (χ3v) is 3.36. The molecule has 0 radical (unpaired) electrons. The Morgan fingerprint density at radius 3 is 3.00 bits per heavy atom. The maximum absolute atomic E-state index is 5.79. The van der Waals surface area contributed by atoms with Crippen molar-refractivity contribution in [2.45, 2.75) is 19.9 Å². The number of hydrogen-bond acceptors (Lipinski definition) is 4. The molecule has 0 fully saturated rings. The topological polar surface area (TPSA) is 76.2 Å². The van der Waals surface area contributed by atoms with Crippen LogP contribution in [0.15, 0.2) is 35.6 Å². The Hall–Kier alpha value is -1.95. The van der Waals surface area contributed by atoms with Gasteiger partial charge in [0.15, 0.2) is 5.96 Å². The van der Waals surface area contributed by atoms with Crippen molar-refractivity contribution in [2.24, 2.45) is 10.7 Å². The molecule has 19 heavy (non-hydrogen) atoms. The van der Waals surface area contributed by atoms with E-state index in [2.05, 4.69) is 20.3 Å². The molecule has 100 valence electrons. The van der Waals surface area contributed by atoms with E-state index < -0.39 is 0 Å². The Morgan fingerprint density at radius 1 is 1.42 bits per heavy atom. The molecule has 2 aromatic heterocycles. The number of aromatic nitrogens is 2. The summed E-state index contributed by atoms with van der Waals surface area (Å²) in [5.41, 5.74) is 6.83. The third kappa shape index (κ3) is 4.67. The first-order valence-electron chi connectivity index (χ1n) is 6.09. The smallest absolute Gasteiger partial charge is 0.189 e. The predicted molar refractivity (Wildman–Crippen MR) is 78.1 cm³/mol. The average Bonchev–Trinajstić information content (AvgIpc) is 2.83. The molecule has 0 bridgehead atoms. The first-order chi connectivity index (χ1) is 9.24. The van der Waals surface area contributed by atoms with Gasteiger partial charge in [0, 0.05) is 35.9 Å². The van der Waals surface area contributed by atoms with Gasteiger partial charge in [-0.15, -0.1) is 11.3 Å². The van der Waals surface area contributed by atoms with Crippen LogP contribution in [0.2, 0.25) is 0 Å². The van der Waals surface area contributed by atoms with E-state index in [1.54, 1.807) is 17.5 Å². The molecule has 0 aliphatic carbocycles. The molecule has 0 aliphatic heterocycles. The molecule has 2 heterocycles. The number of aryl methyl sites for hydroxylation is 1. The molecule has 6 heteroatoms. The van der Waals surface area contributed by atoms with Crippen LogP contribution in [0.3, 0.4) is 0 Å². The molecule has 5 nitrogen and oxygen atoms in total. The van der Waals surface area contributed by atoms with E-state index >= 15 is 0 Å². The van der Waals surface area contributed by atoms with Crippen molar-refractivity contribution >= 4 is 17.3 Å². The Labute approximate surface area is 116 Å². The summed E-state index contributed by atoms with van der Waals surface area (Å²) in [4.78, 5) is 13.9. The number of rotatable bonds is 5. The Balaban J connectivity index is 1.73. The highest BCUT2D eigenvalue weighted by atomic mass is 32.1. The Morgan fingerprint density at radius 2 is 2.32 bits per heavy atom. The molecule has 0 saturated carbocycles. The number of nitrogens with two attached hydrogens (primary N) is 1. The number of thiazole rings is 1. The second kappa shape index (κ2) is 6.84. The lowest BCUT2D eigenvalue weighted by atomic mass is 10.3. The SMILES string of the molecule is Cc1cnc(CN=C(N)NCCc2ccccn2)s1. The lowest BCUT2D eigenvalue weighted by Gasteiger charge is -2.04. The van der Waals surface area contributed by atoms with Crippen molar-refractivity contribution in [1.82, 2.24) is 15.3 Å². The molecule has 2 rings (SSSR count). The minimum absolute atomic E-state index is 0.448. The molecule has 0 unspecified atom stereocenters. The van der Waals surface area contributed by atoms with Crippen molar-refractivity contribution in [3.8, 4) is 0 Å². The van der Waals surface area contributed by atoms with Gasteiger partial charge in [-0.1, -0.05) is 6.07 Å². The van der Waals surface area contributed by atoms with Crippen LogP contribution in [0.4, 0.5) is 0 Å². The number of hydrogen-bond donors (Lipinski definition) is 2. The van der Waals surface area contributed by atoms with Gasteiger partial charge in [0.2, 0.25) is 0 Å². The highest BCUT2D eigenvalue weighted by molar-refractivity contribution is 7.11. The second-order valence-electron chi connectivity index (χ2n) is 4.06. The summed E-state index contributed by atoms with van der Waals surface area (Å²) in [6, 6.07) is 5.88. The summed E-state index contributed by atoms with van der Waals surface area (Å²) >= 11 is 1.64. The maximum Gasteiger partial charge on any atom is 0.189 e. The number of guanidine groups is 1. The summed E-state index contributed by atoms with van der Waals surface area (Å²) in [5.74, 6) is 0.448. The van der Waals surface area contributed by atoms with E-state index in [0.717, 1.165) is 23.7 Å². The highest BCUT2D eigenvalue weighted by Gasteiger charge is 1.98. The lowest BCUT2D eigenvalue weighted by molar-refractivity contribution is 0.827. The van der Waals surface area contributed by atoms with Crippen LogP contribution in [0.5, 0.6) is 0 Å². The fourth-order valence-corrected chi connectivity index (χ4v) is 2.26. The summed E-state index contributed by atoms with van der Waals surface area (Å²) in [7, 11) is 0. The predicted octanol–water partition coefficient (Wildman–Crippen LogP) is 1.49. The first kappa shape index (κ1) is 13.5. The monoisotopic (exact) mass is 275 g/mol. The second-order valence-corrected chi connectivity index (χ2v) is 5.38. The number of pyridine rings is 1. The summed E-state index contributed by atoms with van der Waals surface area (Å²) in [6.07, 6.45) is 4.46. The molecular weight excluding hydrogens is 258 g/mol. The third-order valence-electron chi connectivity index (χ3n) is 2.47. The Bertz CT molecular complexity index is 535.